The minimum atomic E-state index is -4.33. The highest BCUT2D eigenvalue weighted by Crippen LogP contribution is 2.08. The van der Waals surface area contributed by atoms with Gasteiger partial charge in [-0.25, -0.2) is 0 Å². The molecule has 192 valence electrons. The Balaban J connectivity index is -0.000000416. The summed E-state index contributed by atoms with van der Waals surface area (Å²) in [6.07, 6.45) is 23.0. The van der Waals surface area contributed by atoms with Crippen LogP contribution in [0, 0.1) is 0 Å². The Morgan fingerprint density at radius 1 is 0.548 bits per heavy atom. The highest BCUT2D eigenvalue weighted by atomic mass is 32.9. The van der Waals surface area contributed by atoms with E-state index in [0.717, 1.165) is 0 Å². The molecule has 0 amide bonds. The lowest BCUT2D eigenvalue weighted by Crippen LogP contribution is -3.05. The zero-order valence-corrected chi connectivity index (χ0v) is 23.4. The maximum Gasteiger partial charge on any atom is 0.0766 e. The van der Waals surface area contributed by atoms with E-state index in [2.05, 4.69) is 53.2 Å². The van der Waals surface area contributed by atoms with Crippen molar-refractivity contribution in [1.29, 1.82) is 0 Å². The van der Waals surface area contributed by atoms with Crippen LogP contribution in [-0.4, -0.2) is 54.6 Å². The number of hydrogen-bond donors (Lipinski definition) is 2. The first kappa shape index (κ1) is 35.8. The van der Waals surface area contributed by atoms with Crippen LogP contribution in [0.15, 0.2) is 0 Å². The third kappa shape index (κ3) is 58.9. The van der Waals surface area contributed by atoms with Gasteiger partial charge in [-0.1, -0.05) is 90.9 Å². The first-order valence-electron chi connectivity index (χ1n) is 12.8. The van der Waals surface area contributed by atoms with Gasteiger partial charge in [0.25, 0.3) is 0 Å². The first-order chi connectivity index (χ1) is 14.5. The van der Waals surface area contributed by atoms with Gasteiger partial charge < -0.3 is 18.9 Å². The molecule has 0 saturated heterocycles. The van der Waals surface area contributed by atoms with Crippen molar-refractivity contribution >= 4 is 20.2 Å². The largest absolute Gasteiger partial charge is 0.780 e. The minimum absolute atomic E-state index is 1.34. The topological polar surface area (TPSA) is 72.1 Å². The number of unbranched alkanes of at least 4 members (excludes halogenated alkanes) is 14. The minimum Gasteiger partial charge on any atom is -0.780 e. The maximum atomic E-state index is 8.89. The molecule has 0 heterocycles. The molecule has 0 aromatic carbocycles. The van der Waals surface area contributed by atoms with Gasteiger partial charge >= 0.3 is 0 Å². The van der Waals surface area contributed by atoms with E-state index < -0.39 is 9.05 Å². The fourth-order valence-corrected chi connectivity index (χ4v) is 3.22. The zero-order valence-electron chi connectivity index (χ0n) is 21.8. The summed E-state index contributed by atoms with van der Waals surface area (Å²) < 4.78 is 26.7. The Hall–Kier alpha value is 0.210. The summed E-state index contributed by atoms with van der Waals surface area (Å²) in [7, 11) is 4.62. The van der Waals surface area contributed by atoms with Crippen LogP contribution in [0.3, 0.4) is 0 Å². The average Bonchev–Trinajstić information content (AvgIpc) is 2.65. The van der Waals surface area contributed by atoms with Gasteiger partial charge in [-0.15, -0.1) is 9.05 Å². The predicted molar refractivity (Wildman–Crippen MR) is 138 cm³/mol. The van der Waals surface area contributed by atoms with Crippen LogP contribution in [0.4, 0.5) is 0 Å². The molecule has 31 heavy (non-hydrogen) atoms. The fraction of sp³-hybridized carbons (Fsp3) is 1.00. The molecule has 0 aromatic heterocycles. The van der Waals surface area contributed by atoms with Crippen LogP contribution < -0.4 is 9.80 Å². The molecular weight excluding hydrogens is 428 g/mol. The highest BCUT2D eigenvalue weighted by Gasteiger charge is 1.95. The van der Waals surface area contributed by atoms with Crippen molar-refractivity contribution in [3.63, 3.8) is 0 Å². The lowest BCUT2D eigenvalue weighted by molar-refractivity contribution is -0.858. The van der Waals surface area contributed by atoms with Gasteiger partial charge in [-0.2, -0.15) is 0 Å². The molecule has 0 aliphatic heterocycles. The Morgan fingerprint density at radius 3 is 0.935 bits per heavy atom. The molecule has 0 fully saturated rings. The molecule has 0 unspecified atom stereocenters. The SMILES string of the molecule is CCCCCCCCCC[NH+](C)C.CCCCCCCCCC[NH+](C)C.O=S([O-])([O-])=S. The Kier molecular flexibility index (Phi) is 32.6. The highest BCUT2D eigenvalue weighted by molar-refractivity contribution is 8.26. The van der Waals surface area contributed by atoms with E-state index in [0.29, 0.717) is 0 Å². The van der Waals surface area contributed by atoms with Crippen LogP contribution in [0.5, 0.6) is 0 Å². The smallest absolute Gasteiger partial charge is 0.0766 e. The van der Waals surface area contributed by atoms with Gasteiger partial charge in [-0.05, 0) is 36.9 Å². The summed E-state index contributed by atoms with van der Waals surface area (Å²) in [5.41, 5.74) is 0. The van der Waals surface area contributed by atoms with Crippen LogP contribution in [0.25, 0.3) is 0 Å². The summed E-state index contributed by atoms with van der Waals surface area (Å²) >= 11 is 3.24. The lowest BCUT2D eigenvalue weighted by atomic mass is 10.1. The van der Waals surface area contributed by atoms with Crippen LogP contribution in [-0.2, 0) is 20.2 Å². The third-order valence-corrected chi connectivity index (χ3v) is 5.06. The van der Waals surface area contributed by atoms with E-state index >= 15 is 0 Å². The predicted octanol–water partition coefficient (Wildman–Crippen LogP) is 3.54. The standard InChI is InChI=1S/2C12H27N.H2O3S2/c2*1-4-5-6-7-8-9-10-11-12-13(2)3;1-5(2,3)4/h2*4-12H2,1-3H3;(H2,1,2,3,4). The van der Waals surface area contributed by atoms with Crippen LogP contribution in [0.1, 0.15) is 117 Å². The third-order valence-electron chi connectivity index (χ3n) is 5.06. The number of nitrogens with one attached hydrogen (secondary N) is 2. The summed E-state index contributed by atoms with van der Waals surface area (Å²) in [4.78, 5) is 3.18. The zero-order chi connectivity index (χ0) is 24.4. The Labute approximate surface area is 201 Å². The van der Waals surface area contributed by atoms with Crippen molar-refractivity contribution in [1.82, 2.24) is 0 Å². The van der Waals surface area contributed by atoms with Gasteiger partial charge in [0.2, 0.25) is 0 Å². The van der Waals surface area contributed by atoms with Crippen molar-refractivity contribution in [2.24, 2.45) is 0 Å². The molecule has 7 heteroatoms. The molecule has 0 rings (SSSR count). The van der Waals surface area contributed by atoms with E-state index in [1.54, 1.807) is 9.80 Å². The summed E-state index contributed by atoms with van der Waals surface area (Å²) in [5.74, 6) is 0. The monoisotopic (exact) mass is 484 g/mol. The van der Waals surface area contributed by atoms with Gasteiger partial charge in [0.05, 0.1) is 41.3 Å². The van der Waals surface area contributed by atoms with Crippen molar-refractivity contribution in [3.8, 4) is 0 Å². The van der Waals surface area contributed by atoms with Crippen molar-refractivity contribution in [3.05, 3.63) is 0 Å². The van der Waals surface area contributed by atoms with Crippen LogP contribution >= 0.6 is 0 Å². The molecule has 0 atom stereocenters. The van der Waals surface area contributed by atoms with Gasteiger partial charge in [-0.3, -0.25) is 4.21 Å². The molecule has 0 radical (unpaired) electrons. The average molecular weight is 485 g/mol. The number of quaternary nitrogens is 2. The normalized spacial score (nSPS) is 11.2. The second-order valence-corrected chi connectivity index (χ2v) is 11.3. The van der Waals surface area contributed by atoms with E-state index in [-0.39, 0.29) is 0 Å². The Bertz CT molecular complexity index is 385. The summed E-state index contributed by atoms with van der Waals surface area (Å²) in [6.45, 7) is 7.24. The van der Waals surface area contributed by atoms with Gasteiger partial charge in [0, 0.05) is 0 Å². The maximum absolute atomic E-state index is 8.89. The lowest BCUT2D eigenvalue weighted by Gasteiger charge is -2.12. The van der Waals surface area contributed by atoms with Crippen molar-refractivity contribution < 1.29 is 23.1 Å². The second kappa shape index (κ2) is 28.2. The Morgan fingerprint density at radius 2 is 0.742 bits per heavy atom. The molecule has 0 saturated carbocycles. The first-order valence-corrected chi connectivity index (χ1v) is 15.1. The molecule has 5 nitrogen and oxygen atoms in total. The van der Waals surface area contributed by atoms with Crippen molar-refractivity contribution in [2.75, 3.05) is 41.3 Å². The number of hydrogen-bond acceptors (Lipinski definition) is 4. The van der Waals surface area contributed by atoms with Crippen LogP contribution in [0.2, 0.25) is 0 Å². The van der Waals surface area contributed by atoms with Gasteiger partial charge in [0.15, 0.2) is 0 Å². The summed E-state index contributed by atoms with van der Waals surface area (Å²) in [5, 5.41) is 0. The van der Waals surface area contributed by atoms with E-state index in [4.69, 9.17) is 13.3 Å². The second-order valence-electron chi connectivity index (χ2n) is 9.27. The van der Waals surface area contributed by atoms with Gasteiger partial charge in [0.1, 0.15) is 0 Å². The molecule has 0 aliphatic rings. The van der Waals surface area contributed by atoms with E-state index in [1.165, 1.54) is 116 Å². The fourth-order valence-electron chi connectivity index (χ4n) is 3.22. The molecule has 0 aliphatic carbocycles. The molecule has 0 aromatic rings. The van der Waals surface area contributed by atoms with E-state index in [1.807, 2.05) is 0 Å². The molecule has 0 bridgehead atoms. The molecule has 2 N–H and O–H groups in total. The molecular formula is C24H56N2O3S2. The quantitative estimate of drug-likeness (QED) is 0.292. The van der Waals surface area contributed by atoms with Crippen molar-refractivity contribution in [2.45, 2.75) is 117 Å². The van der Waals surface area contributed by atoms with E-state index in [9.17, 15) is 0 Å². The summed E-state index contributed by atoms with van der Waals surface area (Å²) in [6, 6.07) is 0. The molecule has 0 spiro atoms. The number of rotatable bonds is 18.